The molecule has 0 aliphatic carbocycles. The Hall–Kier alpha value is -2.44. The fourth-order valence-electron chi connectivity index (χ4n) is 3.58. The molecule has 0 aromatic carbocycles. The Balaban J connectivity index is 1.49. The molecule has 7 heteroatoms. The van der Waals surface area contributed by atoms with Crippen molar-refractivity contribution in [2.75, 3.05) is 29.4 Å². The number of nitrogens with zero attached hydrogens (tertiary/aromatic N) is 6. The maximum Gasteiger partial charge on any atom is 0.227 e. The Morgan fingerprint density at radius 1 is 1.17 bits per heavy atom. The molecule has 0 spiro atoms. The minimum atomic E-state index is 0.200. The van der Waals surface area contributed by atoms with Crippen LogP contribution in [-0.2, 0) is 4.79 Å². The second-order valence-corrected chi connectivity index (χ2v) is 6.67. The Morgan fingerprint density at radius 3 is 2.67 bits per heavy atom. The number of aryl methyl sites for hydroxylation is 2. The van der Waals surface area contributed by atoms with Crippen LogP contribution in [0.1, 0.15) is 36.7 Å². The molecule has 4 heterocycles. The first-order valence-corrected chi connectivity index (χ1v) is 8.52. The largest absolute Gasteiger partial charge is 0.339 e. The molecule has 1 amide bonds. The van der Waals surface area contributed by atoms with Gasteiger partial charge < -0.3 is 9.80 Å². The topological polar surface area (TPSA) is 67.2 Å². The van der Waals surface area contributed by atoms with E-state index in [0.717, 1.165) is 55.5 Å². The van der Waals surface area contributed by atoms with Crippen molar-refractivity contribution in [1.29, 1.82) is 0 Å². The normalized spacial score (nSPS) is 21.1. The van der Waals surface area contributed by atoms with Gasteiger partial charge in [-0.25, -0.2) is 9.97 Å². The van der Waals surface area contributed by atoms with Crippen LogP contribution in [0.15, 0.2) is 18.5 Å². The molecule has 0 saturated carbocycles. The Morgan fingerprint density at radius 2 is 1.96 bits per heavy atom. The smallest absolute Gasteiger partial charge is 0.227 e. The van der Waals surface area contributed by atoms with E-state index in [2.05, 4.69) is 20.0 Å². The highest BCUT2D eigenvalue weighted by Gasteiger charge is 2.28. The van der Waals surface area contributed by atoms with Crippen molar-refractivity contribution in [3.63, 3.8) is 0 Å². The van der Waals surface area contributed by atoms with Gasteiger partial charge in [0.15, 0.2) is 0 Å². The van der Waals surface area contributed by atoms with Crippen molar-refractivity contribution in [3.8, 4) is 0 Å². The minimum absolute atomic E-state index is 0.200. The van der Waals surface area contributed by atoms with Crippen LogP contribution in [0.4, 0.5) is 11.6 Å². The molecular weight excluding hydrogens is 304 g/mol. The van der Waals surface area contributed by atoms with Crippen LogP contribution in [0, 0.1) is 13.8 Å². The summed E-state index contributed by atoms with van der Waals surface area (Å²) in [6.07, 6.45) is 6.39. The Kier molecular flexibility index (Phi) is 3.70. The number of anilines is 2. The lowest BCUT2D eigenvalue weighted by molar-refractivity contribution is -0.117. The summed E-state index contributed by atoms with van der Waals surface area (Å²) in [6, 6.07) is 2.28. The predicted molar refractivity (Wildman–Crippen MR) is 91.2 cm³/mol. The van der Waals surface area contributed by atoms with Gasteiger partial charge in [0, 0.05) is 43.6 Å². The predicted octanol–water partition coefficient (Wildman–Crippen LogP) is 1.87. The van der Waals surface area contributed by atoms with E-state index in [1.54, 1.807) is 6.20 Å². The number of carbonyl (C=O) groups is 1. The minimum Gasteiger partial charge on any atom is -0.339 e. The standard InChI is InChI=1S/C17H22N6O/c1-12-8-13(2)20-17(19-12)21-7-5-14(10-21)23-11-15(9-18-23)22-6-3-4-16(22)24/h8-9,11,14H,3-7,10H2,1-2H3. The van der Waals surface area contributed by atoms with Gasteiger partial charge in [-0.3, -0.25) is 9.48 Å². The molecule has 2 saturated heterocycles. The van der Waals surface area contributed by atoms with Gasteiger partial charge in [-0.1, -0.05) is 0 Å². The molecule has 2 aromatic heterocycles. The SMILES string of the molecule is Cc1cc(C)nc(N2CCC(n3cc(N4CCCC4=O)cn3)C2)n1. The average molecular weight is 326 g/mol. The van der Waals surface area contributed by atoms with Crippen molar-refractivity contribution in [1.82, 2.24) is 19.7 Å². The van der Waals surface area contributed by atoms with Crippen LogP contribution < -0.4 is 9.80 Å². The van der Waals surface area contributed by atoms with Gasteiger partial charge in [-0.15, -0.1) is 0 Å². The molecule has 0 N–H and O–H groups in total. The van der Waals surface area contributed by atoms with Gasteiger partial charge in [0.2, 0.25) is 11.9 Å². The Bertz CT molecular complexity index is 750. The first kappa shape index (κ1) is 15.1. The van der Waals surface area contributed by atoms with Gasteiger partial charge in [-0.2, -0.15) is 5.10 Å². The molecule has 126 valence electrons. The summed E-state index contributed by atoms with van der Waals surface area (Å²) in [5.74, 6) is 1.00. The summed E-state index contributed by atoms with van der Waals surface area (Å²) in [7, 11) is 0. The van der Waals surface area contributed by atoms with Gasteiger partial charge in [-0.05, 0) is 32.8 Å². The zero-order valence-corrected chi connectivity index (χ0v) is 14.1. The van der Waals surface area contributed by atoms with E-state index in [1.165, 1.54) is 0 Å². The third kappa shape index (κ3) is 2.74. The highest BCUT2D eigenvalue weighted by molar-refractivity contribution is 5.95. The van der Waals surface area contributed by atoms with E-state index < -0.39 is 0 Å². The first-order valence-electron chi connectivity index (χ1n) is 8.52. The molecule has 1 unspecified atom stereocenters. The Labute approximate surface area is 141 Å². The molecule has 0 bridgehead atoms. The van der Waals surface area contributed by atoms with Gasteiger partial charge >= 0.3 is 0 Å². The van der Waals surface area contributed by atoms with Crippen LogP contribution in [0.2, 0.25) is 0 Å². The molecule has 24 heavy (non-hydrogen) atoms. The second kappa shape index (κ2) is 5.89. The van der Waals surface area contributed by atoms with Crippen LogP contribution in [0.3, 0.4) is 0 Å². The maximum atomic E-state index is 11.9. The third-order valence-electron chi connectivity index (χ3n) is 4.76. The van der Waals surface area contributed by atoms with Gasteiger partial charge in [0.1, 0.15) is 0 Å². The summed E-state index contributed by atoms with van der Waals surface area (Å²) in [6.45, 7) is 6.57. The highest BCUT2D eigenvalue weighted by Crippen LogP contribution is 2.27. The van der Waals surface area contributed by atoms with Crippen LogP contribution in [-0.4, -0.2) is 45.3 Å². The van der Waals surface area contributed by atoms with Gasteiger partial charge in [0.25, 0.3) is 0 Å². The van der Waals surface area contributed by atoms with E-state index in [9.17, 15) is 4.79 Å². The lowest BCUT2D eigenvalue weighted by atomic mass is 10.3. The summed E-state index contributed by atoms with van der Waals surface area (Å²) in [5.41, 5.74) is 2.91. The van der Waals surface area contributed by atoms with E-state index in [4.69, 9.17) is 0 Å². The fourth-order valence-corrected chi connectivity index (χ4v) is 3.58. The van der Waals surface area contributed by atoms with E-state index in [-0.39, 0.29) is 5.91 Å². The quantitative estimate of drug-likeness (QED) is 0.861. The van der Waals surface area contributed by atoms with E-state index in [1.807, 2.05) is 35.7 Å². The van der Waals surface area contributed by atoms with E-state index >= 15 is 0 Å². The summed E-state index contributed by atoms with van der Waals surface area (Å²) >= 11 is 0. The lowest BCUT2D eigenvalue weighted by Gasteiger charge is -2.17. The van der Waals surface area contributed by atoms with Crippen molar-refractivity contribution in [3.05, 3.63) is 29.8 Å². The molecule has 7 nitrogen and oxygen atoms in total. The maximum absolute atomic E-state index is 11.9. The number of rotatable bonds is 3. The van der Waals surface area contributed by atoms with Crippen molar-refractivity contribution >= 4 is 17.5 Å². The van der Waals surface area contributed by atoms with Crippen LogP contribution in [0.5, 0.6) is 0 Å². The number of hydrogen-bond donors (Lipinski definition) is 0. The number of amides is 1. The molecule has 2 fully saturated rings. The third-order valence-corrected chi connectivity index (χ3v) is 4.76. The molecule has 2 aliphatic rings. The zero-order valence-electron chi connectivity index (χ0n) is 14.1. The van der Waals surface area contributed by atoms with Gasteiger partial charge in [0.05, 0.1) is 17.9 Å². The molecule has 2 aromatic rings. The van der Waals surface area contributed by atoms with Crippen LogP contribution in [0.25, 0.3) is 0 Å². The summed E-state index contributed by atoms with van der Waals surface area (Å²) in [4.78, 5) is 25.0. The zero-order chi connectivity index (χ0) is 16.7. The monoisotopic (exact) mass is 326 g/mol. The van der Waals surface area contributed by atoms with Crippen LogP contribution >= 0.6 is 0 Å². The molecule has 0 radical (unpaired) electrons. The van der Waals surface area contributed by atoms with Crippen molar-refractivity contribution < 1.29 is 4.79 Å². The summed E-state index contributed by atoms with van der Waals surface area (Å²) in [5, 5.41) is 4.50. The van der Waals surface area contributed by atoms with Crippen molar-refractivity contribution in [2.24, 2.45) is 0 Å². The highest BCUT2D eigenvalue weighted by atomic mass is 16.2. The number of aromatic nitrogens is 4. The first-order chi connectivity index (χ1) is 11.6. The molecule has 4 rings (SSSR count). The number of hydrogen-bond acceptors (Lipinski definition) is 5. The lowest BCUT2D eigenvalue weighted by Crippen LogP contribution is -2.24. The summed E-state index contributed by atoms with van der Waals surface area (Å²) < 4.78 is 1.99. The second-order valence-electron chi connectivity index (χ2n) is 6.67. The van der Waals surface area contributed by atoms with Crippen molar-refractivity contribution in [2.45, 2.75) is 39.2 Å². The molecular formula is C17H22N6O. The molecule has 2 aliphatic heterocycles. The fraction of sp³-hybridized carbons (Fsp3) is 0.529. The number of carbonyl (C=O) groups excluding carboxylic acids is 1. The van der Waals surface area contributed by atoms with E-state index in [0.29, 0.717) is 12.5 Å². The average Bonchev–Trinajstić information content (AvgIpc) is 3.25. The molecule has 1 atom stereocenters.